The highest BCUT2D eigenvalue weighted by Crippen LogP contribution is 2.53. The average Bonchev–Trinajstić information content (AvgIpc) is 3.36. The van der Waals surface area contributed by atoms with Gasteiger partial charge in [-0.05, 0) is 55.7 Å². The molecule has 2 unspecified atom stereocenters. The van der Waals surface area contributed by atoms with Gasteiger partial charge < -0.3 is 15.2 Å². The van der Waals surface area contributed by atoms with Crippen molar-refractivity contribution in [1.82, 2.24) is 5.32 Å². The van der Waals surface area contributed by atoms with Crippen LogP contribution in [-0.4, -0.2) is 30.6 Å². The Morgan fingerprint density at radius 1 is 1.33 bits per heavy atom. The molecule has 4 heteroatoms. The second kappa shape index (κ2) is 5.76. The number of rotatable bonds is 4. The number of aromatic hydroxyl groups is 1. The van der Waals surface area contributed by atoms with Crippen molar-refractivity contribution in [3.63, 3.8) is 0 Å². The molecule has 2 fully saturated rings. The first-order chi connectivity index (χ1) is 11.5. The van der Waals surface area contributed by atoms with Crippen molar-refractivity contribution in [3.05, 3.63) is 23.3 Å². The Balaban J connectivity index is 1.75. The summed E-state index contributed by atoms with van der Waals surface area (Å²) in [4.78, 5) is 12.2. The molecule has 1 aromatic carbocycles. The summed E-state index contributed by atoms with van der Waals surface area (Å²) >= 11 is 0. The third-order valence-corrected chi connectivity index (χ3v) is 6.43. The molecule has 2 saturated carbocycles. The van der Waals surface area contributed by atoms with Crippen LogP contribution in [0.5, 0.6) is 11.5 Å². The van der Waals surface area contributed by atoms with Gasteiger partial charge in [-0.15, -0.1) is 0 Å². The summed E-state index contributed by atoms with van der Waals surface area (Å²) in [5.41, 5.74) is 1.81. The highest BCUT2D eigenvalue weighted by atomic mass is 16.5. The first-order valence-electron chi connectivity index (χ1n) is 9.17. The van der Waals surface area contributed by atoms with E-state index in [0.29, 0.717) is 36.3 Å². The predicted octanol–water partition coefficient (Wildman–Crippen LogP) is 2.95. The van der Waals surface area contributed by atoms with Crippen LogP contribution in [0.3, 0.4) is 0 Å². The van der Waals surface area contributed by atoms with Crippen LogP contribution in [0.15, 0.2) is 12.1 Å². The van der Waals surface area contributed by atoms with Gasteiger partial charge in [0.15, 0.2) is 11.5 Å². The van der Waals surface area contributed by atoms with Crippen LogP contribution in [0.2, 0.25) is 0 Å². The lowest BCUT2D eigenvalue weighted by molar-refractivity contribution is -0.123. The van der Waals surface area contributed by atoms with E-state index in [2.05, 4.69) is 18.3 Å². The lowest BCUT2D eigenvalue weighted by Gasteiger charge is -2.50. The lowest BCUT2D eigenvalue weighted by atomic mass is 9.56. The molecule has 0 radical (unpaired) electrons. The molecule has 0 amide bonds. The van der Waals surface area contributed by atoms with Crippen LogP contribution in [-0.2, 0) is 16.6 Å². The van der Waals surface area contributed by atoms with Crippen molar-refractivity contribution in [2.75, 3.05) is 13.7 Å². The summed E-state index contributed by atoms with van der Waals surface area (Å²) in [5.74, 6) is 2.28. The maximum absolute atomic E-state index is 12.2. The van der Waals surface area contributed by atoms with Gasteiger partial charge in [0.25, 0.3) is 0 Å². The summed E-state index contributed by atoms with van der Waals surface area (Å²) < 4.78 is 5.33. The minimum absolute atomic E-state index is 0.234. The third-order valence-electron chi connectivity index (χ3n) is 6.43. The molecule has 0 bridgehead atoms. The molecule has 3 aliphatic carbocycles. The number of carbonyl (C=O) groups excluding carboxylic acids is 1. The Bertz CT molecular complexity index is 667. The topological polar surface area (TPSA) is 58.6 Å². The van der Waals surface area contributed by atoms with Crippen LogP contribution in [0.1, 0.15) is 50.2 Å². The van der Waals surface area contributed by atoms with Gasteiger partial charge in [0.2, 0.25) is 0 Å². The molecule has 3 aliphatic rings. The van der Waals surface area contributed by atoms with Crippen LogP contribution in [0.4, 0.5) is 0 Å². The summed E-state index contributed by atoms with van der Waals surface area (Å²) in [7, 11) is 1.58. The fraction of sp³-hybridized carbons (Fsp3) is 0.650. The minimum atomic E-state index is -0.303. The maximum Gasteiger partial charge on any atom is 0.161 e. The number of ether oxygens (including phenoxy) is 1. The van der Waals surface area contributed by atoms with E-state index in [4.69, 9.17) is 4.74 Å². The molecule has 24 heavy (non-hydrogen) atoms. The standard InChI is InChI=1S/C20H27NO3/c1-20-10-14(22)6-7-15(20)16(21-11-12-3-4-12)9-13-5-8-17(24-2)19(23)18(13)20/h5,8,12,15-16,21,23H,3-4,6-7,9-11H2,1-2H3/t15-,16?,20?/m1/s1. The molecule has 0 aliphatic heterocycles. The highest BCUT2D eigenvalue weighted by Gasteiger charge is 2.50. The van der Waals surface area contributed by atoms with E-state index in [1.54, 1.807) is 7.11 Å². The largest absolute Gasteiger partial charge is 0.504 e. The third kappa shape index (κ3) is 2.52. The van der Waals surface area contributed by atoms with Crippen molar-refractivity contribution in [2.24, 2.45) is 11.8 Å². The SMILES string of the molecule is COc1ccc2c(c1O)C1(C)CC(=O)CC[C@@H]1C(NCC1CC1)C2. The first-order valence-corrected chi connectivity index (χ1v) is 9.17. The smallest absolute Gasteiger partial charge is 0.161 e. The van der Waals surface area contributed by atoms with Crippen molar-refractivity contribution >= 4 is 5.78 Å². The van der Waals surface area contributed by atoms with Crippen LogP contribution < -0.4 is 10.1 Å². The summed E-state index contributed by atoms with van der Waals surface area (Å²) in [5, 5.41) is 14.6. The van der Waals surface area contributed by atoms with E-state index in [-0.39, 0.29) is 11.2 Å². The van der Waals surface area contributed by atoms with E-state index in [0.717, 1.165) is 36.4 Å². The molecule has 2 N–H and O–H groups in total. The first kappa shape index (κ1) is 15.9. The summed E-state index contributed by atoms with van der Waals surface area (Å²) in [6, 6.07) is 4.31. The number of Topliss-reactive ketones (excluding diaryl/α,β-unsaturated/α-hetero) is 1. The molecular formula is C20H27NO3. The molecule has 0 aromatic heterocycles. The van der Waals surface area contributed by atoms with Crippen molar-refractivity contribution in [3.8, 4) is 11.5 Å². The predicted molar refractivity (Wildman–Crippen MR) is 92.6 cm³/mol. The Hall–Kier alpha value is -1.55. The van der Waals surface area contributed by atoms with E-state index in [9.17, 15) is 9.90 Å². The molecule has 4 rings (SSSR count). The Labute approximate surface area is 143 Å². The van der Waals surface area contributed by atoms with Crippen molar-refractivity contribution < 1.29 is 14.6 Å². The number of carbonyl (C=O) groups is 1. The average molecular weight is 329 g/mol. The van der Waals surface area contributed by atoms with Gasteiger partial charge in [-0.25, -0.2) is 0 Å². The van der Waals surface area contributed by atoms with Gasteiger partial charge in [0.1, 0.15) is 5.78 Å². The zero-order chi connectivity index (χ0) is 16.9. The summed E-state index contributed by atoms with van der Waals surface area (Å²) in [6.07, 6.45) is 5.71. The van der Waals surface area contributed by atoms with Crippen LogP contribution in [0, 0.1) is 11.8 Å². The highest BCUT2D eigenvalue weighted by molar-refractivity contribution is 5.82. The van der Waals surface area contributed by atoms with Crippen molar-refractivity contribution in [2.45, 2.75) is 56.9 Å². The van der Waals surface area contributed by atoms with Crippen molar-refractivity contribution in [1.29, 1.82) is 0 Å². The summed E-state index contributed by atoms with van der Waals surface area (Å²) in [6.45, 7) is 3.25. The lowest BCUT2D eigenvalue weighted by Crippen LogP contribution is -2.54. The Morgan fingerprint density at radius 3 is 2.83 bits per heavy atom. The minimum Gasteiger partial charge on any atom is -0.504 e. The molecule has 3 atom stereocenters. The number of benzene rings is 1. The van der Waals surface area contributed by atoms with E-state index < -0.39 is 0 Å². The van der Waals surface area contributed by atoms with Gasteiger partial charge in [-0.3, -0.25) is 4.79 Å². The number of fused-ring (bicyclic) bond motifs is 3. The number of nitrogens with one attached hydrogen (secondary N) is 1. The number of phenols is 1. The molecule has 130 valence electrons. The zero-order valence-corrected chi connectivity index (χ0v) is 14.6. The number of ketones is 1. The van der Waals surface area contributed by atoms with E-state index in [1.165, 1.54) is 12.8 Å². The van der Waals surface area contributed by atoms with Gasteiger partial charge >= 0.3 is 0 Å². The van der Waals surface area contributed by atoms with Crippen LogP contribution in [0.25, 0.3) is 0 Å². The fourth-order valence-electron chi connectivity index (χ4n) is 5.00. The maximum atomic E-state index is 12.2. The van der Waals surface area contributed by atoms with Gasteiger partial charge in [-0.2, -0.15) is 0 Å². The number of phenolic OH excluding ortho intramolecular Hbond substituents is 1. The fourth-order valence-corrected chi connectivity index (χ4v) is 5.00. The molecule has 0 heterocycles. The normalized spacial score (nSPS) is 32.2. The monoisotopic (exact) mass is 329 g/mol. The second-order valence-corrected chi connectivity index (χ2v) is 8.09. The molecule has 4 nitrogen and oxygen atoms in total. The quantitative estimate of drug-likeness (QED) is 0.892. The van der Waals surface area contributed by atoms with Crippen LogP contribution >= 0.6 is 0 Å². The second-order valence-electron chi connectivity index (χ2n) is 8.09. The van der Waals surface area contributed by atoms with Gasteiger partial charge in [0, 0.05) is 29.9 Å². The molecular weight excluding hydrogens is 302 g/mol. The molecule has 0 saturated heterocycles. The number of hydrogen-bond acceptors (Lipinski definition) is 4. The Morgan fingerprint density at radius 2 is 2.12 bits per heavy atom. The molecule has 0 spiro atoms. The zero-order valence-electron chi connectivity index (χ0n) is 14.6. The van der Waals surface area contributed by atoms with Gasteiger partial charge in [0.05, 0.1) is 7.11 Å². The van der Waals surface area contributed by atoms with E-state index >= 15 is 0 Å². The van der Waals surface area contributed by atoms with E-state index in [1.807, 2.05) is 6.07 Å². The molecule has 1 aromatic rings. The van der Waals surface area contributed by atoms with Gasteiger partial charge in [-0.1, -0.05) is 13.0 Å². The number of hydrogen-bond donors (Lipinski definition) is 2. The Kier molecular flexibility index (Phi) is 3.83. The number of methoxy groups -OCH3 is 1.